The van der Waals surface area contributed by atoms with Crippen molar-refractivity contribution in [2.75, 3.05) is 109 Å². The molecule has 3 aliphatic heterocycles. The smallest absolute Gasteiger partial charge is 0.335 e. The summed E-state index contributed by atoms with van der Waals surface area (Å²) in [6.07, 6.45) is 7.24. The first-order valence-corrected chi connectivity index (χ1v) is 30.7. The minimum absolute atomic E-state index is 0.0105. The maximum absolute atomic E-state index is 12.4. The van der Waals surface area contributed by atoms with E-state index in [0.29, 0.717) is 78.6 Å². The quantitative estimate of drug-likeness (QED) is 0.0313. The molecule has 2 atom stereocenters. The Bertz CT molecular complexity index is 3040. The Morgan fingerprint density at radius 3 is 1.71 bits per heavy atom. The Hall–Kier alpha value is -4.86. The lowest BCUT2D eigenvalue weighted by atomic mass is 9.76. The van der Waals surface area contributed by atoms with Crippen LogP contribution in [0.1, 0.15) is 69.9 Å². The summed E-state index contributed by atoms with van der Waals surface area (Å²) < 4.78 is 179. The maximum atomic E-state index is 12.4. The third-order valence-electron chi connectivity index (χ3n) is 13.0. The summed E-state index contributed by atoms with van der Waals surface area (Å²) in [7, 11) is -17.8. The van der Waals surface area contributed by atoms with Gasteiger partial charge in [-0.3, -0.25) is 9.59 Å². The molecule has 0 spiro atoms. The molecule has 0 radical (unpaired) electrons. The molecule has 434 valence electrons. The van der Waals surface area contributed by atoms with E-state index in [1.165, 1.54) is 24.3 Å². The molecule has 2 aromatic rings. The van der Waals surface area contributed by atoms with Gasteiger partial charge < -0.3 is 56.4 Å². The number of hydroxylamine groups is 2. The van der Waals surface area contributed by atoms with Gasteiger partial charge in [0.05, 0.1) is 108 Å². The average molecular weight is 1180 g/mol. The van der Waals surface area contributed by atoms with E-state index in [4.69, 9.17) is 33.3 Å². The Kier molecular flexibility index (Phi) is 23.4. The first-order valence-electron chi connectivity index (χ1n) is 24.7. The fourth-order valence-electron chi connectivity index (χ4n) is 9.22. The fourth-order valence-corrected chi connectivity index (χ4v) is 11.2. The summed E-state index contributed by atoms with van der Waals surface area (Å²) in [5.41, 5.74) is 0.0739. The van der Waals surface area contributed by atoms with E-state index in [-0.39, 0.29) is 91.1 Å². The summed E-state index contributed by atoms with van der Waals surface area (Å²) in [6, 6.07) is 7.53. The highest BCUT2D eigenvalue weighted by Gasteiger charge is 2.48. The number of ether oxygens (including phenoxy) is 6. The highest BCUT2D eigenvalue weighted by molar-refractivity contribution is 7.86. The van der Waals surface area contributed by atoms with E-state index in [0.717, 1.165) is 12.1 Å². The number of benzene rings is 2. The number of methoxy groups -OCH3 is 1. The molecule has 0 saturated carbocycles. The molecule has 0 bridgehead atoms. The normalized spacial score (nSPS) is 19.6. The van der Waals surface area contributed by atoms with Crippen LogP contribution in [0.5, 0.6) is 0 Å². The van der Waals surface area contributed by atoms with Crippen LogP contribution in [0.15, 0.2) is 82.3 Å². The summed E-state index contributed by atoms with van der Waals surface area (Å²) in [5, 5.41) is 0.406. The van der Waals surface area contributed by atoms with Crippen LogP contribution < -0.4 is 4.90 Å². The van der Waals surface area contributed by atoms with Gasteiger partial charge in [0.25, 0.3) is 11.8 Å². The average Bonchev–Trinajstić information content (AvgIpc) is 3.88. The lowest BCUT2D eigenvalue weighted by Gasteiger charge is -2.30. The number of hydrogen-bond donors (Lipinski definition) is 0. The molecule has 3 aliphatic rings. The largest absolute Gasteiger partial charge is 0.748 e. The molecule has 25 nitrogen and oxygen atoms in total. The molecule has 78 heavy (non-hydrogen) atoms. The van der Waals surface area contributed by atoms with Crippen LogP contribution in [-0.2, 0) is 98.9 Å². The summed E-state index contributed by atoms with van der Waals surface area (Å²) in [6.45, 7) is 6.12. The molecule has 29 heteroatoms. The number of rotatable bonds is 35. The highest BCUT2D eigenvalue weighted by Crippen LogP contribution is 2.51. The molecular weight excluding hydrogens is 1110 g/mol. The molecule has 0 N–H and O–H groups in total. The van der Waals surface area contributed by atoms with E-state index in [2.05, 4.69) is 0 Å². The van der Waals surface area contributed by atoms with E-state index >= 15 is 0 Å². The van der Waals surface area contributed by atoms with Gasteiger partial charge in [0.15, 0.2) is 12.3 Å². The number of nitrogens with zero attached hydrogens (tertiary/aromatic N) is 3. The van der Waals surface area contributed by atoms with Crippen LogP contribution in [0, 0.1) is 0 Å². The number of anilines is 1. The number of allylic oxidation sites excluding steroid dienone is 6. The van der Waals surface area contributed by atoms with E-state index in [9.17, 15) is 66.3 Å². The van der Waals surface area contributed by atoms with Crippen molar-refractivity contribution in [3.8, 4) is 0 Å². The van der Waals surface area contributed by atoms with Gasteiger partial charge in [0, 0.05) is 72.5 Å². The van der Waals surface area contributed by atoms with Gasteiger partial charge in [-0.1, -0.05) is 18.2 Å². The zero-order valence-electron chi connectivity index (χ0n) is 43.4. The van der Waals surface area contributed by atoms with Crippen molar-refractivity contribution >= 4 is 75.3 Å². The van der Waals surface area contributed by atoms with Crippen LogP contribution in [0.25, 0.3) is 0 Å². The van der Waals surface area contributed by atoms with Crippen LogP contribution in [0.4, 0.5) is 11.4 Å². The van der Waals surface area contributed by atoms with Crippen molar-refractivity contribution < 1.29 is 104 Å². The van der Waals surface area contributed by atoms with Gasteiger partial charge >= 0.3 is 5.97 Å². The number of carbonyl (C=O) groups excluding carboxylic acids is 3. The zero-order chi connectivity index (χ0) is 57.4. The van der Waals surface area contributed by atoms with Gasteiger partial charge in [-0.05, 0) is 81.5 Å². The monoisotopic (exact) mass is 1170 g/mol. The summed E-state index contributed by atoms with van der Waals surface area (Å²) in [5.74, 6) is -3.72. The van der Waals surface area contributed by atoms with E-state index in [1.807, 2.05) is 4.90 Å². The molecule has 2 unspecified atom stereocenters. The Morgan fingerprint density at radius 2 is 1.15 bits per heavy atom. The van der Waals surface area contributed by atoms with Crippen LogP contribution in [-0.4, -0.2) is 189 Å². The second-order valence-corrected chi connectivity index (χ2v) is 24.3. The van der Waals surface area contributed by atoms with Gasteiger partial charge in [-0.2, -0.15) is 4.58 Å². The predicted octanol–water partition coefficient (Wildman–Crippen LogP) is 2.00. The van der Waals surface area contributed by atoms with Crippen LogP contribution in [0.2, 0.25) is 0 Å². The van der Waals surface area contributed by atoms with Crippen LogP contribution in [0.3, 0.4) is 0 Å². The fraction of sp³-hybridized carbons (Fsp3) is 0.551. The molecule has 1 fully saturated rings. The standard InChI is InChI=1S/C49H67N3O22S4/c1-48(18-7-33-75(56,57)58)39-35-37(77(62,63)64)11-13-41(39)50(20-23-69-22-17-47(55)74-52-45(53)15-16-46(52)54)43(48)9-5-4-6-10-44-49(2,19-8-34-76(59,60)61)40-36-38(78(65,66)67)12-14-42(40)51(44)21-24-70-27-28-72-31-32-73-30-29-71-26-25-68-3/h4-6,9-14,35-36H,7-8,15-34H2,1-3H3,(H3-,56,57,58,59,60,61,62,63,64,65,66,67)/p-3. The molecule has 2 amide bonds. The molecule has 1 saturated heterocycles. The predicted molar refractivity (Wildman–Crippen MR) is 272 cm³/mol. The molecular formula is C49H64N3O22S4-3. The Labute approximate surface area is 454 Å². The van der Waals surface area contributed by atoms with Gasteiger partial charge in [-0.15, -0.1) is 5.06 Å². The molecule has 0 aromatic heterocycles. The first kappa shape index (κ1) is 64.0. The number of imide groups is 1. The first-order chi connectivity index (χ1) is 36.7. The van der Waals surface area contributed by atoms with Gasteiger partial charge in [0.1, 0.15) is 26.8 Å². The topological polar surface area (TPSA) is 354 Å². The third kappa shape index (κ3) is 18.3. The van der Waals surface area contributed by atoms with E-state index < -0.39 is 90.4 Å². The summed E-state index contributed by atoms with van der Waals surface area (Å²) >= 11 is 0. The Balaban J connectivity index is 1.44. The number of amides is 2. The van der Waals surface area contributed by atoms with Crippen molar-refractivity contribution in [1.29, 1.82) is 0 Å². The van der Waals surface area contributed by atoms with Crippen molar-refractivity contribution in [2.24, 2.45) is 0 Å². The number of fused-ring (bicyclic) bond motifs is 2. The SMILES string of the molecule is COCCOCCOCCOCCOCCN1C(=CC=CC=CC2=[N+](CCOCCC(=O)ON3C(=O)CCC3=O)c3ccc(S(=O)(=O)[O-])cc3C2(C)CCCS(=O)(=O)[O-])C(C)(CCCS(=O)(=O)[O-])c2cc(S(=O)(=O)[O-])ccc21. The molecule has 3 heterocycles. The van der Waals surface area contributed by atoms with Crippen molar-refractivity contribution in [3.63, 3.8) is 0 Å². The third-order valence-corrected chi connectivity index (χ3v) is 16.2. The van der Waals surface area contributed by atoms with Crippen LogP contribution >= 0.6 is 0 Å². The molecule has 2 aromatic carbocycles. The number of carbonyl (C=O) groups is 3. The lowest BCUT2D eigenvalue weighted by molar-refractivity contribution is -0.442. The second-order valence-electron chi connectivity index (χ2n) is 18.5. The minimum atomic E-state index is -5.00. The lowest BCUT2D eigenvalue weighted by Crippen LogP contribution is -2.33. The van der Waals surface area contributed by atoms with Crippen molar-refractivity contribution in [3.05, 3.63) is 83.6 Å². The Morgan fingerprint density at radius 1 is 0.641 bits per heavy atom. The number of hydrogen-bond acceptors (Lipinski definition) is 23. The maximum Gasteiger partial charge on any atom is 0.335 e. The van der Waals surface area contributed by atoms with Gasteiger partial charge in [0.2, 0.25) is 5.69 Å². The zero-order valence-corrected chi connectivity index (χ0v) is 46.6. The molecule has 0 aliphatic carbocycles. The minimum Gasteiger partial charge on any atom is -0.748 e. The van der Waals surface area contributed by atoms with Crippen molar-refractivity contribution in [1.82, 2.24) is 5.06 Å². The van der Waals surface area contributed by atoms with E-state index in [1.54, 1.807) is 55.9 Å². The summed E-state index contributed by atoms with van der Waals surface area (Å²) in [4.78, 5) is 41.8. The van der Waals surface area contributed by atoms with Crippen molar-refractivity contribution in [2.45, 2.75) is 79.4 Å². The molecule has 5 rings (SSSR count). The van der Waals surface area contributed by atoms with Gasteiger partial charge in [-0.25, -0.2) is 38.5 Å². The highest BCUT2D eigenvalue weighted by atomic mass is 32.2. The second kappa shape index (κ2) is 28.5.